The summed E-state index contributed by atoms with van der Waals surface area (Å²) < 4.78 is 5.43. The molecule has 0 aromatic heterocycles. The van der Waals surface area contributed by atoms with Crippen LogP contribution in [0, 0.1) is 18.3 Å². The lowest BCUT2D eigenvalue weighted by molar-refractivity contribution is 0.00771. The zero-order chi connectivity index (χ0) is 15.5. The molecule has 0 aromatic rings. The van der Waals surface area contributed by atoms with E-state index >= 15 is 0 Å². The molecule has 1 heterocycles. The van der Waals surface area contributed by atoms with Crippen molar-refractivity contribution in [3.63, 3.8) is 0 Å². The summed E-state index contributed by atoms with van der Waals surface area (Å²) in [7, 11) is 0. The van der Waals surface area contributed by atoms with Crippen molar-refractivity contribution >= 4 is 6.09 Å². The Kier molecular flexibility index (Phi) is 5.16. The molecule has 0 atom stereocenters. The molecule has 0 spiro atoms. The predicted molar refractivity (Wildman–Crippen MR) is 84.0 cm³/mol. The first kappa shape index (κ1) is 16.2. The van der Waals surface area contributed by atoms with Gasteiger partial charge in [0, 0.05) is 38.1 Å². The highest BCUT2D eigenvalue weighted by Gasteiger charge is 2.30. The van der Waals surface area contributed by atoms with E-state index in [1.165, 1.54) is 12.8 Å². The number of carbonyl (C=O) groups is 1. The summed E-state index contributed by atoms with van der Waals surface area (Å²) >= 11 is 0. The van der Waals surface area contributed by atoms with E-state index in [0.29, 0.717) is 12.0 Å². The van der Waals surface area contributed by atoms with Gasteiger partial charge in [0.1, 0.15) is 5.60 Å². The topological polar surface area (TPSA) is 32.8 Å². The summed E-state index contributed by atoms with van der Waals surface area (Å²) in [5, 5.41) is 0. The summed E-state index contributed by atoms with van der Waals surface area (Å²) in [6, 6.07) is 0.649. The molecule has 0 unspecified atom stereocenters. The molecule has 0 bridgehead atoms. The van der Waals surface area contributed by atoms with E-state index in [9.17, 15) is 4.79 Å². The molecule has 1 amide bonds. The highest BCUT2D eigenvalue weighted by atomic mass is 16.6. The Balaban J connectivity index is 1.76. The Hall–Kier alpha value is -1.21. The first-order valence-corrected chi connectivity index (χ1v) is 8.07. The van der Waals surface area contributed by atoms with Crippen molar-refractivity contribution in [2.45, 2.75) is 58.1 Å². The van der Waals surface area contributed by atoms with E-state index in [-0.39, 0.29) is 6.09 Å². The third-order valence-electron chi connectivity index (χ3n) is 4.41. The highest BCUT2D eigenvalue weighted by molar-refractivity contribution is 5.68. The maximum atomic E-state index is 12.0. The first-order chi connectivity index (χ1) is 9.89. The van der Waals surface area contributed by atoms with Crippen molar-refractivity contribution in [2.24, 2.45) is 5.92 Å². The van der Waals surface area contributed by atoms with Crippen molar-refractivity contribution in [3.8, 4) is 12.3 Å². The van der Waals surface area contributed by atoms with E-state index in [1.54, 1.807) is 0 Å². The summed E-state index contributed by atoms with van der Waals surface area (Å²) in [5.74, 6) is 3.36. The zero-order valence-electron chi connectivity index (χ0n) is 13.6. The van der Waals surface area contributed by atoms with Gasteiger partial charge in [0.25, 0.3) is 0 Å². The van der Waals surface area contributed by atoms with Crippen LogP contribution in [0.2, 0.25) is 0 Å². The van der Waals surface area contributed by atoms with E-state index in [2.05, 4.69) is 10.8 Å². The molecule has 1 aliphatic heterocycles. The standard InChI is InChI=1S/C17H28N2O2/c1-5-14-6-8-15(9-7-14)18-10-12-19(13-11-18)16(20)21-17(2,3)4/h1,14-15H,6-13H2,2-4H3/t14-,15-. The van der Waals surface area contributed by atoms with Gasteiger partial charge in [-0.25, -0.2) is 4.79 Å². The van der Waals surface area contributed by atoms with Gasteiger partial charge in [-0.3, -0.25) is 4.90 Å². The molecular formula is C17H28N2O2. The van der Waals surface area contributed by atoms with Gasteiger partial charge in [0.15, 0.2) is 0 Å². The second-order valence-corrected chi connectivity index (χ2v) is 7.18. The Morgan fingerprint density at radius 1 is 1.10 bits per heavy atom. The van der Waals surface area contributed by atoms with Gasteiger partial charge in [-0.2, -0.15) is 0 Å². The molecule has 1 saturated carbocycles. The van der Waals surface area contributed by atoms with E-state index in [4.69, 9.17) is 11.2 Å². The summed E-state index contributed by atoms with van der Waals surface area (Å²) in [6.45, 7) is 9.16. The monoisotopic (exact) mass is 292 g/mol. The molecule has 2 aliphatic rings. The molecule has 0 N–H and O–H groups in total. The first-order valence-electron chi connectivity index (χ1n) is 8.07. The number of rotatable bonds is 1. The molecule has 2 rings (SSSR count). The van der Waals surface area contributed by atoms with Gasteiger partial charge in [0.2, 0.25) is 0 Å². The second kappa shape index (κ2) is 6.70. The van der Waals surface area contributed by atoms with E-state index < -0.39 is 5.60 Å². The van der Waals surface area contributed by atoms with Gasteiger partial charge >= 0.3 is 6.09 Å². The van der Waals surface area contributed by atoms with Crippen LogP contribution in [-0.4, -0.2) is 53.7 Å². The van der Waals surface area contributed by atoms with Crippen molar-refractivity contribution in [2.75, 3.05) is 26.2 Å². The van der Waals surface area contributed by atoms with Crippen LogP contribution in [0.5, 0.6) is 0 Å². The summed E-state index contributed by atoms with van der Waals surface area (Å²) in [5.41, 5.74) is -0.415. The maximum Gasteiger partial charge on any atom is 0.410 e. The lowest BCUT2D eigenvalue weighted by Gasteiger charge is -2.41. The van der Waals surface area contributed by atoms with Crippen molar-refractivity contribution in [1.82, 2.24) is 9.80 Å². The van der Waals surface area contributed by atoms with Gasteiger partial charge in [-0.1, -0.05) is 0 Å². The summed E-state index contributed by atoms with van der Waals surface area (Å²) in [6.07, 6.45) is 10.0. The largest absolute Gasteiger partial charge is 0.444 e. The van der Waals surface area contributed by atoms with Crippen molar-refractivity contribution in [1.29, 1.82) is 0 Å². The van der Waals surface area contributed by atoms with Gasteiger partial charge in [0.05, 0.1) is 0 Å². The maximum absolute atomic E-state index is 12.0. The SMILES string of the molecule is C#C[C@H]1CC[C@H](N2CCN(C(=O)OC(C)(C)C)CC2)CC1. The number of nitrogens with zero attached hydrogens (tertiary/aromatic N) is 2. The lowest BCUT2D eigenvalue weighted by atomic mass is 9.85. The van der Waals surface area contributed by atoms with Crippen LogP contribution in [0.4, 0.5) is 4.79 Å². The zero-order valence-corrected chi connectivity index (χ0v) is 13.6. The molecular weight excluding hydrogens is 264 g/mol. The minimum Gasteiger partial charge on any atom is -0.444 e. The summed E-state index contributed by atoms with van der Waals surface area (Å²) in [4.78, 5) is 16.4. The Bertz CT molecular complexity index is 392. The van der Waals surface area contributed by atoms with Crippen LogP contribution >= 0.6 is 0 Å². The van der Waals surface area contributed by atoms with E-state index in [1.807, 2.05) is 25.7 Å². The molecule has 0 radical (unpaired) electrons. The molecule has 1 saturated heterocycles. The minimum absolute atomic E-state index is 0.182. The quantitative estimate of drug-likeness (QED) is 0.697. The number of hydrogen-bond donors (Lipinski definition) is 0. The Morgan fingerprint density at radius 3 is 2.14 bits per heavy atom. The van der Waals surface area contributed by atoms with Crippen LogP contribution < -0.4 is 0 Å². The van der Waals surface area contributed by atoms with Crippen LogP contribution in [0.15, 0.2) is 0 Å². The highest BCUT2D eigenvalue weighted by Crippen LogP contribution is 2.27. The average Bonchev–Trinajstić information content (AvgIpc) is 2.46. The third kappa shape index (κ3) is 4.64. The number of piperazine rings is 1. The average molecular weight is 292 g/mol. The number of ether oxygens (including phenoxy) is 1. The van der Waals surface area contributed by atoms with Crippen LogP contribution in [0.3, 0.4) is 0 Å². The number of terminal acetylenes is 1. The second-order valence-electron chi connectivity index (χ2n) is 7.18. The molecule has 118 valence electrons. The van der Waals surface area contributed by atoms with Gasteiger partial charge in [-0.05, 0) is 46.5 Å². The smallest absolute Gasteiger partial charge is 0.410 e. The Morgan fingerprint density at radius 2 is 1.67 bits per heavy atom. The molecule has 4 heteroatoms. The molecule has 0 aromatic carbocycles. The van der Waals surface area contributed by atoms with Gasteiger partial charge in [-0.15, -0.1) is 12.3 Å². The fourth-order valence-corrected chi connectivity index (χ4v) is 3.20. The fraction of sp³-hybridized carbons (Fsp3) is 0.824. The van der Waals surface area contributed by atoms with Crippen LogP contribution in [0.25, 0.3) is 0 Å². The molecule has 1 aliphatic carbocycles. The molecule has 21 heavy (non-hydrogen) atoms. The van der Waals surface area contributed by atoms with Crippen LogP contribution in [-0.2, 0) is 4.74 Å². The molecule has 4 nitrogen and oxygen atoms in total. The minimum atomic E-state index is -0.415. The third-order valence-corrected chi connectivity index (χ3v) is 4.41. The lowest BCUT2D eigenvalue weighted by Crippen LogP contribution is -2.53. The van der Waals surface area contributed by atoms with Gasteiger partial charge < -0.3 is 9.64 Å². The normalized spacial score (nSPS) is 28.0. The number of carbonyl (C=O) groups excluding carboxylic acids is 1. The fourth-order valence-electron chi connectivity index (χ4n) is 3.20. The Labute approximate surface area is 128 Å². The number of amides is 1. The predicted octanol–water partition coefficient (Wildman–Crippen LogP) is 2.73. The number of hydrogen-bond acceptors (Lipinski definition) is 3. The van der Waals surface area contributed by atoms with Crippen molar-refractivity contribution in [3.05, 3.63) is 0 Å². The van der Waals surface area contributed by atoms with E-state index in [0.717, 1.165) is 39.0 Å². The van der Waals surface area contributed by atoms with Crippen molar-refractivity contribution < 1.29 is 9.53 Å². The molecule has 2 fully saturated rings. The van der Waals surface area contributed by atoms with Crippen LogP contribution in [0.1, 0.15) is 46.5 Å².